The molecule has 2 rings (SSSR count). The van der Waals surface area contributed by atoms with Crippen molar-refractivity contribution in [2.75, 3.05) is 19.8 Å². The summed E-state index contributed by atoms with van der Waals surface area (Å²) in [5.41, 5.74) is 0.242. The van der Waals surface area contributed by atoms with Gasteiger partial charge in [-0.05, 0) is 57.7 Å². The summed E-state index contributed by atoms with van der Waals surface area (Å²) < 4.78 is 47.8. The van der Waals surface area contributed by atoms with Gasteiger partial charge in [-0.2, -0.15) is 13.2 Å². The number of hydrogen-bond acceptors (Lipinski definition) is 3. The standard InChI is InChI=1S/C21H30F3NO3/c1-4-27-19-11-10-17(28-14-21(22,23)24)12-18(19)20(26)25(15(2)3)13-16-8-6-5-7-9-16/h10-12,15-16H,4-9,13-14H2,1-3H3. The van der Waals surface area contributed by atoms with Crippen LogP contribution >= 0.6 is 0 Å². The zero-order chi connectivity index (χ0) is 20.7. The number of hydrogen-bond donors (Lipinski definition) is 0. The van der Waals surface area contributed by atoms with E-state index in [1.807, 2.05) is 13.8 Å². The molecule has 1 aliphatic carbocycles. The highest BCUT2D eigenvalue weighted by atomic mass is 19.4. The lowest BCUT2D eigenvalue weighted by Crippen LogP contribution is -2.41. The highest BCUT2D eigenvalue weighted by Gasteiger charge is 2.30. The summed E-state index contributed by atoms with van der Waals surface area (Å²) in [4.78, 5) is 15.1. The number of nitrogens with zero attached hydrogens (tertiary/aromatic N) is 1. The first-order chi connectivity index (χ1) is 13.2. The molecule has 1 aromatic rings. The van der Waals surface area contributed by atoms with E-state index in [2.05, 4.69) is 0 Å². The first kappa shape index (κ1) is 22.4. The number of carbonyl (C=O) groups excluding carboxylic acids is 1. The second-order valence-corrected chi connectivity index (χ2v) is 7.55. The van der Waals surface area contributed by atoms with Crippen molar-refractivity contribution in [3.05, 3.63) is 23.8 Å². The Morgan fingerprint density at radius 3 is 2.43 bits per heavy atom. The molecule has 1 fully saturated rings. The van der Waals surface area contributed by atoms with E-state index in [-0.39, 0.29) is 23.3 Å². The minimum absolute atomic E-state index is 0.00509. The van der Waals surface area contributed by atoms with E-state index in [1.54, 1.807) is 11.8 Å². The molecule has 0 N–H and O–H groups in total. The third-order valence-corrected chi connectivity index (χ3v) is 4.95. The van der Waals surface area contributed by atoms with Gasteiger partial charge in [0.1, 0.15) is 11.5 Å². The van der Waals surface area contributed by atoms with Gasteiger partial charge in [0, 0.05) is 12.6 Å². The lowest BCUT2D eigenvalue weighted by atomic mass is 9.88. The number of amides is 1. The Bertz CT molecular complexity index is 640. The Morgan fingerprint density at radius 2 is 1.86 bits per heavy atom. The summed E-state index contributed by atoms with van der Waals surface area (Å²) in [6.45, 7) is 5.30. The molecule has 1 saturated carbocycles. The van der Waals surface area contributed by atoms with Gasteiger partial charge < -0.3 is 14.4 Å². The maximum Gasteiger partial charge on any atom is 0.422 e. The predicted octanol–water partition coefficient (Wildman–Crippen LogP) is 5.46. The van der Waals surface area contributed by atoms with Crippen LogP contribution in [-0.2, 0) is 0 Å². The fourth-order valence-electron chi connectivity index (χ4n) is 3.54. The van der Waals surface area contributed by atoms with Crippen LogP contribution in [-0.4, -0.2) is 42.8 Å². The highest BCUT2D eigenvalue weighted by Crippen LogP contribution is 2.30. The topological polar surface area (TPSA) is 38.8 Å². The molecule has 0 aromatic heterocycles. The van der Waals surface area contributed by atoms with Gasteiger partial charge in [0.15, 0.2) is 6.61 Å². The van der Waals surface area contributed by atoms with Gasteiger partial charge in [0.05, 0.1) is 12.2 Å². The number of benzene rings is 1. The van der Waals surface area contributed by atoms with E-state index in [1.165, 1.54) is 37.5 Å². The molecule has 158 valence electrons. The second-order valence-electron chi connectivity index (χ2n) is 7.55. The molecule has 0 aliphatic heterocycles. The smallest absolute Gasteiger partial charge is 0.422 e. The highest BCUT2D eigenvalue weighted by molar-refractivity contribution is 5.97. The van der Waals surface area contributed by atoms with Crippen LogP contribution < -0.4 is 9.47 Å². The van der Waals surface area contributed by atoms with Crippen molar-refractivity contribution < 1.29 is 27.4 Å². The molecule has 1 amide bonds. The predicted molar refractivity (Wildman–Crippen MR) is 102 cm³/mol. The van der Waals surface area contributed by atoms with Crippen LogP contribution in [0, 0.1) is 5.92 Å². The molecule has 0 radical (unpaired) electrons. The van der Waals surface area contributed by atoms with E-state index in [0.717, 1.165) is 12.8 Å². The van der Waals surface area contributed by atoms with E-state index < -0.39 is 12.8 Å². The minimum atomic E-state index is -4.44. The average Bonchev–Trinajstić information content (AvgIpc) is 2.65. The monoisotopic (exact) mass is 401 g/mol. The number of rotatable bonds is 8. The van der Waals surface area contributed by atoms with Crippen molar-refractivity contribution in [2.24, 2.45) is 5.92 Å². The molecule has 1 aromatic carbocycles. The second kappa shape index (κ2) is 10.0. The van der Waals surface area contributed by atoms with Crippen LogP contribution in [0.2, 0.25) is 0 Å². The lowest BCUT2D eigenvalue weighted by molar-refractivity contribution is -0.153. The Balaban J connectivity index is 2.24. The number of ether oxygens (including phenoxy) is 2. The third-order valence-electron chi connectivity index (χ3n) is 4.95. The summed E-state index contributed by atoms with van der Waals surface area (Å²) in [5, 5.41) is 0. The summed E-state index contributed by atoms with van der Waals surface area (Å²) in [7, 11) is 0. The zero-order valence-electron chi connectivity index (χ0n) is 16.8. The summed E-state index contributed by atoms with van der Waals surface area (Å²) in [6.07, 6.45) is 1.35. The van der Waals surface area contributed by atoms with Gasteiger partial charge >= 0.3 is 6.18 Å². The van der Waals surface area contributed by atoms with Crippen molar-refractivity contribution in [3.8, 4) is 11.5 Å². The van der Waals surface area contributed by atoms with E-state index in [4.69, 9.17) is 9.47 Å². The van der Waals surface area contributed by atoms with Crippen LogP contribution in [0.5, 0.6) is 11.5 Å². The number of halogens is 3. The third kappa shape index (κ3) is 6.60. The van der Waals surface area contributed by atoms with Gasteiger partial charge in [0.25, 0.3) is 5.91 Å². The Labute approximate surface area is 165 Å². The molecule has 0 bridgehead atoms. The van der Waals surface area contributed by atoms with Gasteiger partial charge in [-0.25, -0.2) is 0 Å². The SMILES string of the molecule is CCOc1ccc(OCC(F)(F)F)cc1C(=O)N(CC1CCCCC1)C(C)C. The van der Waals surface area contributed by atoms with Gasteiger partial charge in [0.2, 0.25) is 0 Å². The summed E-state index contributed by atoms with van der Waals surface area (Å²) >= 11 is 0. The molecule has 0 heterocycles. The quantitative estimate of drug-likeness (QED) is 0.581. The molecule has 28 heavy (non-hydrogen) atoms. The van der Waals surface area contributed by atoms with Gasteiger partial charge in [-0.1, -0.05) is 19.3 Å². The molecule has 0 saturated heterocycles. The van der Waals surface area contributed by atoms with E-state index in [0.29, 0.717) is 24.8 Å². The molecule has 1 aliphatic rings. The normalized spacial score (nSPS) is 15.5. The zero-order valence-corrected chi connectivity index (χ0v) is 16.8. The van der Waals surface area contributed by atoms with Crippen LogP contribution in [0.3, 0.4) is 0 Å². The van der Waals surface area contributed by atoms with Crippen LogP contribution in [0.25, 0.3) is 0 Å². The van der Waals surface area contributed by atoms with Gasteiger partial charge in [-0.3, -0.25) is 4.79 Å². The molecule has 0 unspecified atom stereocenters. The maximum atomic E-state index is 13.3. The van der Waals surface area contributed by atoms with E-state index >= 15 is 0 Å². The first-order valence-electron chi connectivity index (χ1n) is 9.98. The molecule has 0 spiro atoms. The maximum absolute atomic E-state index is 13.3. The van der Waals surface area contributed by atoms with Gasteiger partial charge in [-0.15, -0.1) is 0 Å². The minimum Gasteiger partial charge on any atom is -0.493 e. The molecule has 0 atom stereocenters. The Hall–Kier alpha value is -1.92. The fraction of sp³-hybridized carbons (Fsp3) is 0.667. The average molecular weight is 401 g/mol. The summed E-state index contributed by atoms with van der Waals surface area (Å²) in [6, 6.07) is 4.23. The molecular weight excluding hydrogens is 371 g/mol. The lowest BCUT2D eigenvalue weighted by Gasteiger charge is -2.33. The number of carbonyl (C=O) groups is 1. The molecular formula is C21H30F3NO3. The largest absolute Gasteiger partial charge is 0.493 e. The van der Waals surface area contributed by atoms with Crippen LogP contribution in [0.1, 0.15) is 63.2 Å². The Morgan fingerprint density at radius 1 is 1.18 bits per heavy atom. The van der Waals surface area contributed by atoms with Crippen LogP contribution in [0.15, 0.2) is 18.2 Å². The summed E-state index contributed by atoms with van der Waals surface area (Å²) in [5.74, 6) is 0.591. The van der Waals surface area contributed by atoms with Crippen molar-refractivity contribution in [2.45, 2.75) is 65.1 Å². The first-order valence-corrected chi connectivity index (χ1v) is 9.98. The van der Waals surface area contributed by atoms with Crippen molar-refractivity contribution in [1.82, 2.24) is 4.90 Å². The van der Waals surface area contributed by atoms with E-state index in [9.17, 15) is 18.0 Å². The molecule has 4 nitrogen and oxygen atoms in total. The Kier molecular flexibility index (Phi) is 8.01. The molecule has 7 heteroatoms. The van der Waals surface area contributed by atoms with Crippen LogP contribution in [0.4, 0.5) is 13.2 Å². The number of alkyl halides is 3. The fourth-order valence-corrected chi connectivity index (χ4v) is 3.54. The van der Waals surface area contributed by atoms with Crippen molar-refractivity contribution >= 4 is 5.91 Å². The van der Waals surface area contributed by atoms with Crippen molar-refractivity contribution in [1.29, 1.82) is 0 Å². The van der Waals surface area contributed by atoms with Crippen molar-refractivity contribution in [3.63, 3.8) is 0 Å².